The Morgan fingerprint density at radius 1 is 1.41 bits per heavy atom. The van der Waals surface area contributed by atoms with E-state index in [1.807, 2.05) is 6.20 Å². The molecule has 0 atom stereocenters. The highest BCUT2D eigenvalue weighted by molar-refractivity contribution is 5.98. The predicted molar refractivity (Wildman–Crippen MR) is 82.9 cm³/mol. The van der Waals surface area contributed by atoms with Crippen molar-refractivity contribution < 1.29 is 18.5 Å². The van der Waals surface area contributed by atoms with Crippen molar-refractivity contribution in [3.63, 3.8) is 0 Å². The molecule has 22 heavy (non-hydrogen) atoms. The molecule has 0 saturated carbocycles. The first-order chi connectivity index (χ1) is 10.7. The highest BCUT2D eigenvalue weighted by atomic mass is 19.1. The molecule has 1 aromatic carbocycles. The average Bonchev–Trinajstić information content (AvgIpc) is 3.09. The van der Waals surface area contributed by atoms with Crippen LogP contribution in [-0.4, -0.2) is 41.0 Å². The maximum absolute atomic E-state index is 13.6. The quantitative estimate of drug-likeness (QED) is 0.642. The molecule has 1 aliphatic heterocycles. The van der Waals surface area contributed by atoms with Gasteiger partial charge >= 0.3 is 5.97 Å². The number of halogens is 1. The van der Waals surface area contributed by atoms with E-state index in [2.05, 4.69) is 10.8 Å². The van der Waals surface area contributed by atoms with Crippen LogP contribution in [0.4, 0.5) is 4.39 Å². The van der Waals surface area contributed by atoms with E-state index in [1.165, 1.54) is 25.0 Å². The molecule has 0 spiro atoms. The van der Waals surface area contributed by atoms with Crippen molar-refractivity contribution in [2.24, 2.45) is 0 Å². The van der Waals surface area contributed by atoms with Crippen LogP contribution in [0.25, 0.3) is 10.9 Å². The number of ether oxygens (including phenoxy) is 1. The lowest BCUT2D eigenvalue weighted by atomic mass is 10.2. The number of hydrogen-bond acceptors (Lipinski definition) is 2. The zero-order valence-corrected chi connectivity index (χ0v) is 12.7. The smallest absolute Gasteiger partial charge is 0.325 e. The van der Waals surface area contributed by atoms with E-state index in [-0.39, 0.29) is 18.3 Å². The van der Waals surface area contributed by atoms with Crippen LogP contribution in [0, 0.1) is 5.82 Å². The normalized spacial score (nSPS) is 14.5. The van der Waals surface area contributed by atoms with E-state index in [9.17, 15) is 9.18 Å². The number of carbonyl (C=O) groups excluding carboxylic acids is 1. The van der Waals surface area contributed by atoms with E-state index < -0.39 is 0 Å². The first-order valence-corrected chi connectivity index (χ1v) is 7.70. The van der Waals surface area contributed by atoms with Gasteiger partial charge in [0.25, 0.3) is 0 Å². The standard InChI is InChI=1S/C17H20FN2O2/c1-2-22-17(21)12-20-11-13(10-19-7-3-4-8-19)15-6-5-14(18)9-16(15)20/h5-6,9-11H,2-4,7-8,12H2,1H3/q+1. The maximum Gasteiger partial charge on any atom is 0.325 e. The SMILES string of the molecule is CCOC(=O)Cn1cc(C=[N+]2CCCC2)c2ccc(F)cc21. The number of hydrogen-bond donors (Lipinski definition) is 0. The third kappa shape index (κ3) is 3.03. The molecule has 2 heterocycles. The van der Waals surface area contributed by atoms with Gasteiger partial charge in [0.05, 0.1) is 17.7 Å². The van der Waals surface area contributed by atoms with Gasteiger partial charge in [0, 0.05) is 24.4 Å². The molecule has 5 heteroatoms. The van der Waals surface area contributed by atoms with E-state index in [4.69, 9.17) is 4.74 Å². The van der Waals surface area contributed by atoms with E-state index in [1.54, 1.807) is 17.6 Å². The Hall–Kier alpha value is -2.17. The van der Waals surface area contributed by atoms with Crippen LogP contribution in [0.5, 0.6) is 0 Å². The molecule has 0 radical (unpaired) electrons. The van der Waals surface area contributed by atoms with Gasteiger partial charge in [0.15, 0.2) is 6.21 Å². The van der Waals surface area contributed by atoms with Crippen molar-refractivity contribution in [1.82, 2.24) is 4.57 Å². The number of nitrogens with zero attached hydrogens (tertiary/aromatic N) is 2. The highest BCUT2D eigenvalue weighted by Crippen LogP contribution is 2.22. The molecule has 0 bridgehead atoms. The van der Waals surface area contributed by atoms with Crippen molar-refractivity contribution in [3.8, 4) is 0 Å². The highest BCUT2D eigenvalue weighted by Gasteiger charge is 2.17. The van der Waals surface area contributed by atoms with E-state index in [0.29, 0.717) is 6.61 Å². The third-order valence-corrected chi connectivity index (χ3v) is 3.94. The van der Waals surface area contributed by atoms with Crippen LogP contribution >= 0.6 is 0 Å². The summed E-state index contributed by atoms with van der Waals surface area (Å²) in [4.78, 5) is 11.7. The zero-order chi connectivity index (χ0) is 15.5. The van der Waals surface area contributed by atoms with Gasteiger partial charge in [0.2, 0.25) is 0 Å². The number of benzene rings is 1. The average molecular weight is 303 g/mol. The minimum Gasteiger partial charge on any atom is -0.465 e. The van der Waals surface area contributed by atoms with Crippen molar-refractivity contribution in [3.05, 3.63) is 35.8 Å². The zero-order valence-electron chi connectivity index (χ0n) is 12.7. The fourth-order valence-electron chi connectivity index (χ4n) is 2.94. The van der Waals surface area contributed by atoms with Gasteiger partial charge in [-0.2, -0.15) is 0 Å². The fourth-order valence-corrected chi connectivity index (χ4v) is 2.94. The number of rotatable bonds is 4. The summed E-state index contributed by atoms with van der Waals surface area (Å²) in [6.07, 6.45) is 6.41. The van der Waals surface area contributed by atoms with Gasteiger partial charge in [-0.15, -0.1) is 0 Å². The summed E-state index contributed by atoms with van der Waals surface area (Å²) in [5, 5.41) is 0.956. The van der Waals surface area contributed by atoms with Crippen molar-refractivity contribution in [2.45, 2.75) is 26.3 Å². The van der Waals surface area contributed by atoms with Gasteiger partial charge in [-0.3, -0.25) is 4.79 Å². The second kappa shape index (κ2) is 6.30. The Balaban J connectivity index is 2.01. The Bertz CT molecular complexity index is 726. The van der Waals surface area contributed by atoms with Crippen LogP contribution in [0.1, 0.15) is 25.3 Å². The maximum atomic E-state index is 13.6. The van der Waals surface area contributed by atoms with Crippen LogP contribution in [-0.2, 0) is 16.1 Å². The molecule has 1 saturated heterocycles. The molecular formula is C17H20FN2O2+. The minimum atomic E-state index is -0.309. The summed E-state index contributed by atoms with van der Waals surface area (Å²) in [7, 11) is 0. The van der Waals surface area contributed by atoms with Gasteiger partial charge < -0.3 is 9.30 Å². The number of esters is 1. The summed E-state index contributed by atoms with van der Waals surface area (Å²) in [5.74, 6) is -0.611. The largest absolute Gasteiger partial charge is 0.465 e. The first kappa shape index (κ1) is 14.8. The Morgan fingerprint density at radius 2 is 2.18 bits per heavy atom. The second-order valence-corrected chi connectivity index (χ2v) is 5.55. The third-order valence-electron chi connectivity index (χ3n) is 3.94. The minimum absolute atomic E-state index is 0.0988. The molecule has 1 aromatic heterocycles. The summed E-state index contributed by atoms with van der Waals surface area (Å²) >= 11 is 0. The van der Waals surface area contributed by atoms with Crippen molar-refractivity contribution in [1.29, 1.82) is 0 Å². The molecule has 0 aliphatic carbocycles. The van der Waals surface area contributed by atoms with Crippen LogP contribution in [0.15, 0.2) is 24.4 Å². The summed E-state index contributed by atoms with van der Waals surface area (Å²) in [5.41, 5.74) is 1.74. The molecule has 0 unspecified atom stereocenters. The second-order valence-electron chi connectivity index (χ2n) is 5.55. The van der Waals surface area contributed by atoms with Crippen molar-refractivity contribution >= 4 is 23.1 Å². The molecule has 0 N–H and O–H groups in total. The summed E-state index contributed by atoms with van der Waals surface area (Å²) < 4.78 is 22.6. The Labute approximate surface area is 128 Å². The molecule has 116 valence electrons. The van der Waals surface area contributed by atoms with E-state index >= 15 is 0 Å². The van der Waals surface area contributed by atoms with Gasteiger partial charge in [-0.05, 0) is 25.1 Å². The Morgan fingerprint density at radius 3 is 2.91 bits per heavy atom. The topological polar surface area (TPSA) is 34.2 Å². The van der Waals surface area contributed by atoms with Gasteiger partial charge in [-0.25, -0.2) is 8.97 Å². The lowest BCUT2D eigenvalue weighted by Crippen LogP contribution is -2.12. The van der Waals surface area contributed by atoms with E-state index in [0.717, 1.165) is 29.6 Å². The monoisotopic (exact) mass is 303 g/mol. The molecular weight excluding hydrogens is 283 g/mol. The Kier molecular flexibility index (Phi) is 4.22. The van der Waals surface area contributed by atoms with Gasteiger partial charge in [0.1, 0.15) is 25.5 Å². The molecule has 2 aromatic rings. The lowest BCUT2D eigenvalue weighted by molar-refractivity contribution is -0.500. The van der Waals surface area contributed by atoms with Crippen LogP contribution < -0.4 is 0 Å². The fraction of sp³-hybridized carbons (Fsp3) is 0.412. The van der Waals surface area contributed by atoms with Crippen LogP contribution in [0.2, 0.25) is 0 Å². The lowest BCUT2D eigenvalue weighted by Gasteiger charge is -2.04. The predicted octanol–water partition coefficient (Wildman–Crippen LogP) is 2.57. The van der Waals surface area contributed by atoms with Crippen molar-refractivity contribution in [2.75, 3.05) is 19.7 Å². The molecule has 0 amide bonds. The number of aromatic nitrogens is 1. The van der Waals surface area contributed by atoms with Crippen LogP contribution in [0.3, 0.4) is 0 Å². The number of carbonyl (C=O) groups is 1. The molecule has 3 rings (SSSR count). The first-order valence-electron chi connectivity index (χ1n) is 7.70. The molecule has 1 fully saturated rings. The summed E-state index contributed by atoms with van der Waals surface area (Å²) in [6.45, 7) is 4.32. The molecule has 1 aliphatic rings. The molecule has 4 nitrogen and oxygen atoms in total. The van der Waals surface area contributed by atoms with Gasteiger partial charge in [-0.1, -0.05) is 0 Å². The number of fused-ring (bicyclic) bond motifs is 1. The summed E-state index contributed by atoms with van der Waals surface area (Å²) in [6, 6.07) is 4.70.